The lowest BCUT2D eigenvalue weighted by atomic mass is 10.0. The third-order valence-electron chi connectivity index (χ3n) is 6.38. The topological polar surface area (TPSA) is 94.5 Å². The second-order valence-corrected chi connectivity index (χ2v) is 8.48. The van der Waals surface area contributed by atoms with E-state index in [-0.39, 0.29) is 30.5 Å². The summed E-state index contributed by atoms with van der Waals surface area (Å²) < 4.78 is 12.9. The minimum atomic E-state index is -0.281. The van der Waals surface area contributed by atoms with E-state index < -0.39 is 0 Å². The Morgan fingerprint density at radius 2 is 1.80 bits per heavy atom. The number of rotatable bonds is 9. The van der Waals surface area contributed by atoms with Crippen molar-refractivity contribution in [2.24, 2.45) is 0 Å². The van der Waals surface area contributed by atoms with Crippen molar-refractivity contribution in [2.45, 2.75) is 51.9 Å². The number of carbonyl (C=O) groups is 2. The van der Waals surface area contributed by atoms with Crippen molar-refractivity contribution < 1.29 is 19.1 Å². The number of methoxy groups -OCH3 is 1. The first-order valence-electron chi connectivity index (χ1n) is 12.0. The molecule has 1 aliphatic heterocycles. The molecule has 0 saturated heterocycles. The van der Waals surface area contributed by atoms with Crippen LogP contribution < -0.4 is 15.4 Å². The molecule has 184 valence electrons. The quantitative estimate of drug-likeness (QED) is 0.483. The Morgan fingerprint density at radius 1 is 1.06 bits per heavy atom. The smallest absolute Gasteiger partial charge is 0.268 e. The van der Waals surface area contributed by atoms with E-state index in [0.29, 0.717) is 42.4 Å². The first-order chi connectivity index (χ1) is 17.1. The van der Waals surface area contributed by atoms with Gasteiger partial charge in [0.1, 0.15) is 5.69 Å². The second kappa shape index (κ2) is 11.2. The maximum atomic E-state index is 13.4. The molecule has 2 amide bonds. The highest BCUT2D eigenvalue weighted by molar-refractivity contribution is 6.01. The van der Waals surface area contributed by atoms with Gasteiger partial charge in [-0.15, -0.1) is 0 Å². The molecule has 8 heteroatoms. The van der Waals surface area contributed by atoms with E-state index in [0.717, 1.165) is 17.5 Å². The van der Waals surface area contributed by atoms with Gasteiger partial charge in [-0.3, -0.25) is 9.59 Å². The van der Waals surface area contributed by atoms with Crippen molar-refractivity contribution in [3.05, 3.63) is 82.8 Å². The van der Waals surface area contributed by atoms with Crippen LogP contribution in [0.25, 0.3) is 0 Å². The van der Waals surface area contributed by atoms with Crippen LogP contribution in [0.5, 0.6) is 5.88 Å². The zero-order valence-corrected chi connectivity index (χ0v) is 20.4. The molecule has 3 heterocycles. The third-order valence-corrected chi connectivity index (χ3v) is 6.38. The first-order valence-corrected chi connectivity index (χ1v) is 12.0. The summed E-state index contributed by atoms with van der Waals surface area (Å²) in [5.41, 5.74) is 3.49. The van der Waals surface area contributed by atoms with Crippen LogP contribution >= 0.6 is 0 Å². The van der Waals surface area contributed by atoms with Crippen molar-refractivity contribution in [1.29, 1.82) is 0 Å². The molecule has 2 unspecified atom stereocenters. The summed E-state index contributed by atoms with van der Waals surface area (Å²) in [5.74, 6) is 0.0202. The van der Waals surface area contributed by atoms with Gasteiger partial charge in [0, 0.05) is 18.3 Å². The fourth-order valence-corrected chi connectivity index (χ4v) is 4.52. The number of hydrogen-bond acceptors (Lipinski definition) is 5. The predicted molar refractivity (Wildman–Crippen MR) is 132 cm³/mol. The van der Waals surface area contributed by atoms with Crippen molar-refractivity contribution in [3.63, 3.8) is 0 Å². The average molecular weight is 477 g/mol. The van der Waals surface area contributed by atoms with Crippen LogP contribution in [0.3, 0.4) is 0 Å². The number of benzene rings is 1. The normalized spacial score (nSPS) is 14.5. The zero-order chi connectivity index (χ0) is 24.8. The molecule has 3 aromatic rings. The van der Waals surface area contributed by atoms with E-state index in [1.165, 1.54) is 0 Å². The molecule has 0 fully saturated rings. The molecule has 2 atom stereocenters. The lowest BCUT2D eigenvalue weighted by molar-refractivity contribution is 0.0773. The Balaban J connectivity index is 1.60. The average Bonchev–Trinajstić information content (AvgIpc) is 3.30. The SMILES string of the molecule is CCC(NC(=O)c1cc(C(=O)NC(CC)c2cccnc2OC)n2c1COCC2)c1ccccc1. The highest BCUT2D eigenvalue weighted by atomic mass is 16.5. The fourth-order valence-electron chi connectivity index (χ4n) is 4.52. The lowest BCUT2D eigenvalue weighted by Gasteiger charge is -2.22. The molecule has 2 aromatic heterocycles. The van der Waals surface area contributed by atoms with Gasteiger partial charge >= 0.3 is 0 Å². The Hall–Kier alpha value is -3.65. The number of amides is 2. The third kappa shape index (κ3) is 5.22. The van der Waals surface area contributed by atoms with Gasteiger partial charge in [-0.25, -0.2) is 4.98 Å². The summed E-state index contributed by atoms with van der Waals surface area (Å²) in [4.78, 5) is 31.0. The van der Waals surface area contributed by atoms with Gasteiger partial charge < -0.3 is 24.7 Å². The molecule has 35 heavy (non-hydrogen) atoms. The van der Waals surface area contributed by atoms with Crippen molar-refractivity contribution in [1.82, 2.24) is 20.2 Å². The van der Waals surface area contributed by atoms with Crippen molar-refractivity contribution in [3.8, 4) is 5.88 Å². The Kier molecular flexibility index (Phi) is 7.82. The Labute approximate surface area is 205 Å². The molecule has 0 bridgehead atoms. The number of ether oxygens (including phenoxy) is 2. The Morgan fingerprint density at radius 3 is 2.51 bits per heavy atom. The van der Waals surface area contributed by atoms with Crippen LogP contribution in [0.2, 0.25) is 0 Å². The molecule has 0 aliphatic carbocycles. The fraction of sp³-hybridized carbons (Fsp3) is 0.370. The van der Waals surface area contributed by atoms with Crippen LogP contribution in [0, 0.1) is 0 Å². The number of fused-ring (bicyclic) bond motifs is 1. The molecule has 8 nitrogen and oxygen atoms in total. The van der Waals surface area contributed by atoms with E-state index in [4.69, 9.17) is 9.47 Å². The van der Waals surface area contributed by atoms with E-state index >= 15 is 0 Å². The van der Waals surface area contributed by atoms with Crippen molar-refractivity contribution >= 4 is 11.8 Å². The maximum Gasteiger partial charge on any atom is 0.268 e. The van der Waals surface area contributed by atoms with E-state index in [9.17, 15) is 9.59 Å². The highest BCUT2D eigenvalue weighted by Crippen LogP contribution is 2.27. The number of nitrogens with one attached hydrogen (secondary N) is 2. The molecular weight excluding hydrogens is 444 g/mol. The summed E-state index contributed by atoms with van der Waals surface area (Å²) in [5, 5.41) is 6.23. The molecule has 4 rings (SSSR count). The molecule has 1 aliphatic rings. The van der Waals surface area contributed by atoms with Gasteiger partial charge in [-0.05, 0) is 30.5 Å². The van der Waals surface area contributed by atoms with Gasteiger partial charge in [0.2, 0.25) is 5.88 Å². The maximum absolute atomic E-state index is 13.4. The lowest BCUT2D eigenvalue weighted by Crippen LogP contribution is -2.32. The number of carbonyl (C=O) groups excluding carboxylic acids is 2. The summed E-state index contributed by atoms with van der Waals surface area (Å²) in [6, 6.07) is 14.9. The van der Waals surface area contributed by atoms with Gasteiger partial charge in [-0.2, -0.15) is 0 Å². The monoisotopic (exact) mass is 476 g/mol. The molecule has 0 spiro atoms. The molecule has 0 radical (unpaired) electrons. The highest BCUT2D eigenvalue weighted by Gasteiger charge is 2.28. The minimum absolute atomic E-state index is 0.122. The van der Waals surface area contributed by atoms with E-state index in [1.54, 1.807) is 19.4 Å². The molecular formula is C27H32N4O4. The number of pyridine rings is 1. The number of nitrogens with zero attached hydrogens (tertiary/aromatic N) is 2. The summed E-state index contributed by atoms with van der Waals surface area (Å²) >= 11 is 0. The van der Waals surface area contributed by atoms with Crippen molar-refractivity contribution in [2.75, 3.05) is 13.7 Å². The minimum Gasteiger partial charge on any atom is -0.481 e. The molecule has 2 N–H and O–H groups in total. The predicted octanol–water partition coefficient (Wildman–Crippen LogP) is 4.18. The largest absolute Gasteiger partial charge is 0.481 e. The van der Waals surface area contributed by atoms with Crippen LogP contribution in [-0.2, 0) is 17.9 Å². The molecule has 1 aromatic carbocycles. The van der Waals surface area contributed by atoms with Crippen LogP contribution in [0.4, 0.5) is 0 Å². The van der Waals surface area contributed by atoms with Gasteiger partial charge in [0.25, 0.3) is 11.8 Å². The van der Waals surface area contributed by atoms with E-state index in [2.05, 4.69) is 15.6 Å². The zero-order valence-electron chi connectivity index (χ0n) is 20.4. The standard InChI is InChI=1S/C27H32N4O4/c1-4-21(18-10-7-6-8-11-18)29-25(32)20-16-23(31-14-15-35-17-24(20)31)26(33)30-22(5-2)19-12-9-13-28-27(19)34-3/h6-13,16,21-22H,4-5,14-15,17H2,1-3H3,(H,29,32)(H,30,33). The van der Waals surface area contributed by atoms with Crippen LogP contribution in [0.1, 0.15) is 76.4 Å². The number of aromatic nitrogens is 2. The first kappa shape index (κ1) is 24.5. The summed E-state index contributed by atoms with van der Waals surface area (Å²) in [6.45, 7) is 5.30. The van der Waals surface area contributed by atoms with Gasteiger partial charge in [-0.1, -0.05) is 50.2 Å². The second-order valence-electron chi connectivity index (χ2n) is 8.48. The van der Waals surface area contributed by atoms with Gasteiger partial charge in [0.15, 0.2) is 0 Å². The summed E-state index contributed by atoms with van der Waals surface area (Å²) in [7, 11) is 1.56. The van der Waals surface area contributed by atoms with Gasteiger partial charge in [0.05, 0.1) is 43.7 Å². The molecule has 0 saturated carbocycles. The Bertz CT molecular complexity index is 1180. The van der Waals surface area contributed by atoms with Crippen LogP contribution in [-0.4, -0.2) is 35.1 Å². The van der Waals surface area contributed by atoms with Crippen LogP contribution in [0.15, 0.2) is 54.7 Å². The van der Waals surface area contributed by atoms with E-state index in [1.807, 2.05) is 60.9 Å². The summed E-state index contributed by atoms with van der Waals surface area (Å²) in [6.07, 6.45) is 3.07. The number of hydrogen-bond donors (Lipinski definition) is 2.